The molecule has 0 aliphatic carbocycles. The first-order valence-electron chi connectivity index (χ1n) is 8.66. The number of rotatable bonds is 2. The second kappa shape index (κ2) is 12.0. The van der Waals surface area contributed by atoms with Crippen molar-refractivity contribution in [2.75, 3.05) is 6.61 Å². The third kappa shape index (κ3) is 8.39. The Hall–Kier alpha value is -0.790. The molecule has 0 aromatic rings. The Bertz CT molecular complexity index is 271. The Kier molecular flexibility index (Phi) is 10.3. The minimum Gasteiger partial charge on any atom is -0.465 e. The van der Waals surface area contributed by atoms with Crippen molar-refractivity contribution in [2.24, 2.45) is 5.92 Å². The van der Waals surface area contributed by atoms with Gasteiger partial charge in [0.1, 0.15) is 0 Å². The number of ether oxygens (including phenoxy) is 1. The molecule has 0 saturated carbocycles. The van der Waals surface area contributed by atoms with Gasteiger partial charge in [0, 0.05) is 0 Å². The van der Waals surface area contributed by atoms with E-state index in [-0.39, 0.29) is 11.9 Å². The summed E-state index contributed by atoms with van der Waals surface area (Å²) < 4.78 is 5.45. The maximum atomic E-state index is 12.1. The predicted molar refractivity (Wildman–Crippen MR) is 84.7 cm³/mol. The van der Waals surface area contributed by atoms with E-state index in [1.54, 1.807) is 0 Å². The SMILES string of the molecule is CCCC1CCC/C=C/CCCCCCCCOC1=O. The molecule has 1 atom stereocenters. The maximum Gasteiger partial charge on any atom is 0.308 e. The summed E-state index contributed by atoms with van der Waals surface area (Å²) >= 11 is 0. The Balaban J connectivity index is 2.39. The van der Waals surface area contributed by atoms with E-state index in [1.807, 2.05) is 0 Å². The smallest absolute Gasteiger partial charge is 0.308 e. The van der Waals surface area contributed by atoms with Crippen LogP contribution >= 0.6 is 0 Å². The maximum absolute atomic E-state index is 12.1. The van der Waals surface area contributed by atoms with Crippen molar-refractivity contribution in [3.8, 4) is 0 Å². The third-order valence-corrected chi connectivity index (χ3v) is 4.07. The molecule has 1 aliphatic heterocycles. The van der Waals surface area contributed by atoms with E-state index in [1.165, 1.54) is 38.5 Å². The summed E-state index contributed by atoms with van der Waals surface area (Å²) in [6, 6.07) is 0. The van der Waals surface area contributed by atoms with Gasteiger partial charge in [0.15, 0.2) is 0 Å². The van der Waals surface area contributed by atoms with E-state index >= 15 is 0 Å². The first-order valence-corrected chi connectivity index (χ1v) is 8.66. The van der Waals surface area contributed by atoms with Crippen LogP contribution in [0.1, 0.15) is 84.0 Å². The minimum atomic E-state index is 0.0444. The van der Waals surface area contributed by atoms with Crippen LogP contribution in [-0.2, 0) is 9.53 Å². The fourth-order valence-corrected chi connectivity index (χ4v) is 2.81. The molecule has 0 aromatic heterocycles. The molecular weight excluding hydrogens is 248 g/mol. The highest BCUT2D eigenvalue weighted by atomic mass is 16.5. The Morgan fingerprint density at radius 1 is 1.00 bits per heavy atom. The van der Waals surface area contributed by atoms with E-state index in [0.29, 0.717) is 6.61 Å². The average Bonchev–Trinajstić information content (AvgIpc) is 2.45. The van der Waals surface area contributed by atoms with Gasteiger partial charge in [-0.25, -0.2) is 0 Å². The summed E-state index contributed by atoms with van der Waals surface area (Å²) in [5.41, 5.74) is 0. The second-order valence-corrected chi connectivity index (χ2v) is 5.97. The molecule has 0 aromatic carbocycles. The van der Waals surface area contributed by atoms with E-state index < -0.39 is 0 Å². The lowest BCUT2D eigenvalue weighted by molar-refractivity contribution is -0.149. The molecule has 0 amide bonds. The Morgan fingerprint density at radius 3 is 2.40 bits per heavy atom. The van der Waals surface area contributed by atoms with Crippen LogP contribution in [0.25, 0.3) is 0 Å². The average molecular weight is 280 g/mol. The Labute approximate surface area is 125 Å². The van der Waals surface area contributed by atoms with Crippen LogP contribution in [0.5, 0.6) is 0 Å². The van der Waals surface area contributed by atoms with E-state index in [0.717, 1.165) is 38.5 Å². The molecule has 20 heavy (non-hydrogen) atoms. The molecule has 2 heteroatoms. The Morgan fingerprint density at radius 2 is 1.65 bits per heavy atom. The van der Waals surface area contributed by atoms with Crippen LogP contribution in [0, 0.1) is 5.92 Å². The topological polar surface area (TPSA) is 26.3 Å². The van der Waals surface area contributed by atoms with E-state index in [2.05, 4.69) is 19.1 Å². The molecular formula is C18H32O2. The molecule has 0 saturated heterocycles. The largest absolute Gasteiger partial charge is 0.465 e. The summed E-state index contributed by atoms with van der Waals surface area (Å²) in [4.78, 5) is 12.1. The normalized spacial score (nSPS) is 25.9. The zero-order valence-corrected chi connectivity index (χ0v) is 13.2. The van der Waals surface area contributed by atoms with Gasteiger partial charge in [-0.1, -0.05) is 51.2 Å². The quantitative estimate of drug-likeness (QED) is 0.499. The molecule has 1 rings (SSSR count). The highest BCUT2D eigenvalue weighted by Gasteiger charge is 2.18. The van der Waals surface area contributed by atoms with Gasteiger partial charge in [-0.15, -0.1) is 0 Å². The fraction of sp³-hybridized carbons (Fsp3) is 0.833. The van der Waals surface area contributed by atoms with Crippen molar-refractivity contribution < 1.29 is 9.53 Å². The predicted octanol–water partition coefficient (Wildman–Crippen LogP) is 5.42. The molecule has 116 valence electrons. The zero-order valence-electron chi connectivity index (χ0n) is 13.2. The van der Waals surface area contributed by atoms with Gasteiger partial charge in [0.2, 0.25) is 0 Å². The molecule has 0 radical (unpaired) electrons. The summed E-state index contributed by atoms with van der Waals surface area (Å²) in [7, 11) is 0. The van der Waals surface area contributed by atoms with Crippen LogP contribution in [0.4, 0.5) is 0 Å². The first-order chi connectivity index (χ1) is 9.84. The van der Waals surface area contributed by atoms with Crippen molar-refractivity contribution in [3.05, 3.63) is 12.2 Å². The molecule has 1 aliphatic rings. The fourth-order valence-electron chi connectivity index (χ4n) is 2.81. The van der Waals surface area contributed by atoms with Crippen molar-refractivity contribution in [2.45, 2.75) is 84.0 Å². The summed E-state index contributed by atoms with van der Waals surface area (Å²) in [5.74, 6) is 0.171. The van der Waals surface area contributed by atoms with Crippen LogP contribution in [-0.4, -0.2) is 12.6 Å². The molecule has 1 heterocycles. The number of carbonyl (C=O) groups excluding carboxylic acids is 1. The first kappa shape index (κ1) is 17.3. The van der Waals surface area contributed by atoms with Gasteiger partial charge in [-0.2, -0.15) is 0 Å². The van der Waals surface area contributed by atoms with Crippen LogP contribution in [0.3, 0.4) is 0 Å². The molecule has 0 fully saturated rings. The zero-order chi connectivity index (χ0) is 14.5. The van der Waals surface area contributed by atoms with Gasteiger partial charge in [0.05, 0.1) is 12.5 Å². The summed E-state index contributed by atoms with van der Waals surface area (Å²) in [5, 5.41) is 0. The van der Waals surface area contributed by atoms with Gasteiger partial charge in [0.25, 0.3) is 0 Å². The number of hydrogen-bond acceptors (Lipinski definition) is 2. The van der Waals surface area contributed by atoms with Crippen LogP contribution in [0.2, 0.25) is 0 Å². The van der Waals surface area contributed by atoms with E-state index in [9.17, 15) is 4.79 Å². The molecule has 0 bridgehead atoms. The molecule has 2 nitrogen and oxygen atoms in total. The lowest BCUT2D eigenvalue weighted by Gasteiger charge is -2.15. The van der Waals surface area contributed by atoms with Gasteiger partial charge in [-0.05, 0) is 44.9 Å². The molecule has 1 unspecified atom stereocenters. The lowest BCUT2D eigenvalue weighted by Crippen LogP contribution is -2.18. The van der Waals surface area contributed by atoms with Crippen molar-refractivity contribution >= 4 is 5.97 Å². The highest BCUT2D eigenvalue weighted by Crippen LogP contribution is 2.18. The van der Waals surface area contributed by atoms with Crippen LogP contribution in [0.15, 0.2) is 12.2 Å². The summed E-state index contributed by atoms with van der Waals surface area (Å²) in [6.07, 6.45) is 18.6. The molecule has 0 N–H and O–H groups in total. The number of hydrogen-bond donors (Lipinski definition) is 0. The van der Waals surface area contributed by atoms with Crippen molar-refractivity contribution in [3.63, 3.8) is 0 Å². The summed E-state index contributed by atoms with van der Waals surface area (Å²) in [6.45, 7) is 2.77. The van der Waals surface area contributed by atoms with Crippen molar-refractivity contribution in [1.82, 2.24) is 0 Å². The van der Waals surface area contributed by atoms with Gasteiger partial charge < -0.3 is 4.74 Å². The lowest BCUT2D eigenvalue weighted by atomic mass is 9.97. The van der Waals surface area contributed by atoms with E-state index in [4.69, 9.17) is 4.74 Å². The van der Waals surface area contributed by atoms with Gasteiger partial charge >= 0.3 is 5.97 Å². The number of carbonyl (C=O) groups is 1. The number of allylic oxidation sites excluding steroid dienone is 2. The third-order valence-electron chi connectivity index (χ3n) is 4.07. The second-order valence-electron chi connectivity index (χ2n) is 5.97. The molecule has 0 spiro atoms. The van der Waals surface area contributed by atoms with Gasteiger partial charge in [-0.3, -0.25) is 4.79 Å². The monoisotopic (exact) mass is 280 g/mol. The minimum absolute atomic E-state index is 0.0444. The standard InChI is InChI=1S/C18H32O2/c1-2-14-17-15-12-10-8-6-4-3-5-7-9-11-13-16-20-18(17)19/h6,8,17H,2-5,7,9-16H2,1H3/b8-6+. The number of cyclic esters (lactones) is 1. The number of esters is 1. The van der Waals surface area contributed by atoms with Crippen molar-refractivity contribution in [1.29, 1.82) is 0 Å². The van der Waals surface area contributed by atoms with Crippen LogP contribution < -0.4 is 0 Å². The highest BCUT2D eigenvalue weighted by molar-refractivity contribution is 5.72.